The van der Waals surface area contributed by atoms with Crippen LogP contribution >= 0.6 is 11.8 Å². The topological polar surface area (TPSA) is 125 Å². The van der Waals surface area contributed by atoms with Crippen LogP contribution in [0, 0.1) is 0 Å². The summed E-state index contributed by atoms with van der Waals surface area (Å²) in [5, 5.41) is 12.9. The number of benzene rings is 1. The largest absolute Gasteiger partial charge is 0.454 e. The summed E-state index contributed by atoms with van der Waals surface area (Å²) in [6, 6.07) is 4.73. The summed E-state index contributed by atoms with van der Waals surface area (Å²) in [4.78, 5) is 23.4. The molecule has 0 saturated carbocycles. The maximum Gasteiger partial charge on any atom is 0.321 e. The number of ether oxygens (including phenoxy) is 3. The van der Waals surface area contributed by atoms with Gasteiger partial charge in [0.15, 0.2) is 11.5 Å². The Morgan fingerprint density at radius 3 is 2.96 bits per heavy atom. The third-order valence-electron chi connectivity index (χ3n) is 3.56. The van der Waals surface area contributed by atoms with Crippen LogP contribution in [0.2, 0.25) is 0 Å². The Morgan fingerprint density at radius 2 is 2.11 bits per heavy atom. The smallest absolute Gasteiger partial charge is 0.321 e. The number of thioether (sulfide) groups is 1. The van der Waals surface area contributed by atoms with E-state index in [1.165, 1.54) is 0 Å². The summed E-state index contributed by atoms with van der Waals surface area (Å²) in [6.07, 6.45) is 0.675. The maximum absolute atomic E-state index is 11.8. The molecule has 1 aromatic carbocycles. The molecule has 150 valence electrons. The Balaban J connectivity index is 1.41. The summed E-state index contributed by atoms with van der Waals surface area (Å²) in [7, 11) is 0. The van der Waals surface area contributed by atoms with Crippen molar-refractivity contribution in [1.82, 2.24) is 20.8 Å². The molecular weight excluding hydrogens is 388 g/mol. The Morgan fingerprint density at radius 1 is 1.25 bits per heavy atom. The van der Waals surface area contributed by atoms with E-state index in [1.54, 1.807) is 18.2 Å². The molecule has 1 aliphatic rings. The van der Waals surface area contributed by atoms with Crippen molar-refractivity contribution in [2.24, 2.45) is 0 Å². The minimum atomic E-state index is -0.548. The zero-order valence-electron chi connectivity index (χ0n) is 15.2. The molecule has 0 fully saturated rings. The molecule has 0 atom stereocenters. The van der Waals surface area contributed by atoms with Crippen molar-refractivity contribution in [1.29, 1.82) is 0 Å². The Kier molecular flexibility index (Phi) is 7.09. The summed E-state index contributed by atoms with van der Waals surface area (Å²) < 4.78 is 21.3. The maximum atomic E-state index is 11.8. The van der Waals surface area contributed by atoms with E-state index in [4.69, 9.17) is 18.6 Å². The van der Waals surface area contributed by atoms with Crippen LogP contribution in [0.5, 0.6) is 11.5 Å². The molecule has 0 unspecified atom stereocenters. The second-order valence-electron chi connectivity index (χ2n) is 5.58. The van der Waals surface area contributed by atoms with Crippen LogP contribution in [-0.2, 0) is 9.53 Å². The molecule has 0 saturated heterocycles. The van der Waals surface area contributed by atoms with Crippen LogP contribution in [0.4, 0.5) is 4.79 Å². The predicted molar refractivity (Wildman–Crippen MR) is 99.2 cm³/mol. The third-order valence-corrected chi connectivity index (χ3v) is 4.38. The first kappa shape index (κ1) is 20.0. The van der Waals surface area contributed by atoms with Gasteiger partial charge in [-0.15, -0.1) is 10.2 Å². The van der Waals surface area contributed by atoms with Gasteiger partial charge in [-0.25, -0.2) is 4.79 Å². The zero-order valence-corrected chi connectivity index (χ0v) is 16.0. The lowest BCUT2D eigenvalue weighted by molar-refractivity contribution is -0.117. The van der Waals surface area contributed by atoms with E-state index < -0.39 is 11.9 Å². The highest BCUT2D eigenvalue weighted by molar-refractivity contribution is 7.99. The number of carbonyl (C=O) groups excluding carboxylic acids is 2. The van der Waals surface area contributed by atoms with Crippen molar-refractivity contribution < 1.29 is 28.2 Å². The van der Waals surface area contributed by atoms with Gasteiger partial charge in [0.2, 0.25) is 18.6 Å². The Hall–Kier alpha value is -2.79. The van der Waals surface area contributed by atoms with Gasteiger partial charge in [0.05, 0.1) is 5.75 Å². The van der Waals surface area contributed by atoms with Crippen molar-refractivity contribution in [2.45, 2.75) is 18.6 Å². The van der Waals surface area contributed by atoms with Crippen LogP contribution in [0.1, 0.15) is 13.3 Å². The highest BCUT2D eigenvalue weighted by Gasteiger charge is 2.17. The van der Waals surface area contributed by atoms with Crippen molar-refractivity contribution >= 4 is 23.7 Å². The van der Waals surface area contributed by atoms with Gasteiger partial charge >= 0.3 is 6.03 Å². The standard InChI is InChI=1S/C17H20N4O6S/c1-2-24-7-3-6-18-16(23)19-14(22)9-28-17-21-20-15(27-17)11-4-5-12-13(8-11)26-10-25-12/h4-5,8H,2-3,6-7,9-10H2,1H3,(H2,18,19,22,23). The first-order valence-electron chi connectivity index (χ1n) is 8.67. The minimum absolute atomic E-state index is 0.0326. The summed E-state index contributed by atoms with van der Waals surface area (Å²) in [5.74, 6) is 1.07. The van der Waals surface area contributed by atoms with Gasteiger partial charge < -0.3 is 23.9 Å². The lowest BCUT2D eigenvalue weighted by Gasteiger charge is -2.06. The number of nitrogens with zero attached hydrogens (tertiary/aromatic N) is 2. The van der Waals surface area contributed by atoms with Gasteiger partial charge in [0.25, 0.3) is 5.22 Å². The molecule has 28 heavy (non-hydrogen) atoms. The number of fused-ring (bicyclic) bond motifs is 1. The fourth-order valence-corrected chi connectivity index (χ4v) is 2.83. The van der Waals surface area contributed by atoms with Crippen LogP contribution in [-0.4, -0.2) is 54.4 Å². The second kappa shape index (κ2) is 9.95. The van der Waals surface area contributed by atoms with Crippen LogP contribution < -0.4 is 20.1 Å². The molecule has 0 aliphatic carbocycles. The number of urea groups is 1. The molecule has 1 aromatic heterocycles. The van der Waals surface area contributed by atoms with E-state index in [0.717, 1.165) is 11.8 Å². The molecule has 10 nitrogen and oxygen atoms in total. The van der Waals surface area contributed by atoms with Crippen LogP contribution in [0.15, 0.2) is 27.8 Å². The monoisotopic (exact) mass is 408 g/mol. The van der Waals surface area contributed by atoms with E-state index >= 15 is 0 Å². The second-order valence-corrected chi connectivity index (χ2v) is 6.51. The Labute approximate surface area is 165 Å². The molecule has 2 N–H and O–H groups in total. The number of imide groups is 1. The molecule has 3 amide bonds. The average molecular weight is 408 g/mol. The van der Waals surface area contributed by atoms with Crippen molar-refractivity contribution in [3.63, 3.8) is 0 Å². The van der Waals surface area contributed by atoms with Gasteiger partial charge in [-0.1, -0.05) is 11.8 Å². The molecule has 1 aliphatic heterocycles. The zero-order chi connectivity index (χ0) is 19.8. The number of hydrogen-bond acceptors (Lipinski definition) is 9. The fourth-order valence-electron chi connectivity index (χ4n) is 2.27. The van der Waals surface area contributed by atoms with Gasteiger partial charge in [-0.2, -0.15) is 0 Å². The lowest BCUT2D eigenvalue weighted by atomic mass is 10.2. The van der Waals surface area contributed by atoms with E-state index in [9.17, 15) is 9.59 Å². The van der Waals surface area contributed by atoms with E-state index in [2.05, 4.69) is 20.8 Å². The van der Waals surface area contributed by atoms with Crippen molar-refractivity contribution in [3.8, 4) is 23.0 Å². The van der Waals surface area contributed by atoms with Gasteiger partial charge in [0, 0.05) is 25.3 Å². The number of aromatic nitrogens is 2. The van der Waals surface area contributed by atoms with Gasteiger partial charge in [-0.3, -0.25) is 10.1 Å². The van der Waals surface area contributed by atoms with E-state index in [0.29, 0.717) is 49.1 Å². The molecular formula is C17H20N4O6S. The summed E-state index contributed by atoms with van der Waals surface area (Å²) in [6.45, 7) is 3.70. The average Bonchev–Trinajstić information content (AvgIpc) is 3.35. The van der Waals surface area contributed by atoms with Crippen molar-refractivity contribution in [2.75, 3.05) is 32.3 Å². The third kappa shape index (κ3) is 5.60. The molecule has 0 radical (unpaired) electrons. The molecule has 2 aromatic rings. The molecule has 3 rings (SSSR count). The van der Waals surface area contributed by atoms with Gasteiger partial charge in [0.1, 0.15) is 0 Å². The number of rotatable bonds is 9. The highest BCUT2D eigenvalue weighted by atomic mass is 32.2. The molecule has 0 spiro atoms. The molecule has 11 heteroatoms. The quantitative estimate of drug-likeness (QED) is 0.472. The lowest BCUT2D eigenvalue weighted by Crippen LogP contribution is -2.40. The minimum Gasteiger partial charge on any atom is -0.454 e. The fraction of sp³-hybridized carbons (Fsp3) is 0.412. The summed E-state index contributed by atoms with van der Waals surface area (Å²) >= 11 is 1.04. The van der Waals surface area contributed by atoms with Crippen LogP contribution in [0.3, 0.4) is 0 Å². The number of carbonyl (C=O) groups is 2. The normalized spacial score (nSPS) is 12.0. The number of hydrogen-bond donors (Lipinski definition) is 2. The Bertz CT molecular complexity index is 828. The number of nitrogens with one attached hydrogen (secondary N) is 2. The summed E-state index contributed by atoms with van der Waals surface area (Å²) in [5.41, 5.74) is 0.680. The van der Waals surface area contributed by atoms with E-state index in [-0.39, 0.29) is 17.8 Å². The van der Waals surface area contributed by atoms with E-state index in [1.807, 2.05) is 6.92 Å². The van der Waals surface area contributed by atoms with Crippen molar-refractivity contribution in [3.05, 3.63) is 18.2 Å². The highest BCUT2D eigenvalue weighted by Crippen LogP contribution is 2.35. The SMILES string of the molecule is CCOCCCNC(=O)NC(=O)CSc1nnc(-c2ccc3c(c2)OCO3)o1. The predicted octanol–water partition coefficient (Wildman–Crippen LogP) is 1.81. The number of amides is 3. The molecule has 0 bridgehead atoms. The first-order chi connectivity index (χ1) is 13.7. The van der Waals surface area contributed by atoms with Gasteiger partial charge in [-0.05, 0) is 31.5 Å². The molecule has 2 heterocycles. The first-order valence-corrected chi connectivity index (χ1v) is 9.66. The van der Waals surface area contributed by atoms with Crippen LogP contribution in [0.25, 0.3) is 11.5 Å².